The molecule has 2 amide bonds. The van der Waals surface area contributed by atoms with Crippen molar-refractivity contribution in [3.63, 3.8) is 0 Å². The predicted molar refractivity (Wildman–Crippen MR) is 107 cm³/mol. The molecule has 0 fully saturated rings. The van der Waals surface area contributed by atoms with Gasteiger partial charge in [0.15, 0.2) is 6.10 Å². The Hall–Kier alpha value is -3.15. The van der Waals surface area contributed by atoms with E-state index in [1.807, 2.05) is 24.3 Å². The molecule has 146 valence electrons. The predicted octanol–water partition coefficient (Wildman–Crippen LogP) is 3.48. The van der Waals surface area contributed by atoms with Crippen molar-refractivity contribution in [2.75, 3.05) is 16.8 Å². The molecule has 0 aromatic heterocycles. The first-order valence-corrected chi connectivity index (χ1v) is 9.36. The Morgan fingerprint density at radius 1 is 1.11 bits per heavy atom. The number of rotatable bonds is 4. The van der Waals surface area contributed by atoms with Gasteiger partial charge in [-0.15, -0.1) is 0 Å². The fraction of sp³-hybridized carbons (Fsp3) is 0.318. The van der Waals surface area contributed by atoms with Crippen LogP contribution >= 0.6 is 0 Å². The van der Waals surface area contributed by atoms with Crippen LogP contribution in [0, 0.1) is 6.92 Å². The lowest BCUT2D eigenvalue weighted by atomic mass is 10.0. The van der Waals surface area contributed by atoms with E-state index in [2.05, 4.69) is 5.32 Å². The highest BCUT2D eigenvalue weighted by atomic mass is 16.5. The Kier molecular flexibility index (Phi) is 5.78. The molecule has 0 saturated carbocycles. The zero-order chi connectivity index (χ0) is 20.3. The van der Waals surface area contributed by atoms with Gasteiger partial charge in [0.25, 0.3) is 5.91 Å². The summed E-state index contributed by atoms with van der Waals surface area (Å²) in [7, 11) is 0. The summed E-state index contributed by atoms with van der Waals surface area (Å²) in [6.07, 6.45) is 0.857. The average Bonchev–Trinajstić information content (AvgIpc) is 2.68. The third kappa shape index (κ3) is 4.06. The van der Waals surface area contributed by atoms with Crippen molar-refractivity contribution in [3.05, 3.63) is 59.2 Å². The van der Waals surface area contributed by atoms with Gasteiger partial charge in [0.05, 0.1) is 11.3 Å². The number of hydrogen-bond acceptors (Lipinski definition) is 4. The number of fused-ring (bicyclic) bond motifs is 1. The fourth-order valence-electron chi connectivity index (χ4n) is 3.44. The van der Waals surface area contributed by atoms with Crippen LogP contribution in [0.3, 0.4) is 0 Å². The second kappa shape index (κ2) is 8.25. The Morgan fingerprint density at radius 2 is 1.86 bits per heavy atom. The van der Waals surface area contributed by atoms with Crippen molar-refractivity contribution < 1.29 is 19.1 Å². The summed E-state index contributed by atoms with van der Waals surface area (Å²) in [5.74, 6) is -1.18. The molecule has 0 spiro atoms. The Morgan fingerprint density at radius 3 is 2.61 bits per heavy atom. The van der Waals surface area contributed by atoms with E-state index in [1.165, 1.54) is 6.92 Å². The lowest BCUT2D eigenvalue weighted by Gasteiger charge is -2.31. The Bertz CT molecular complexity index is 923. The smallest absolute Gasteiger partial charge is 0.341 e. The van der Waals surface area contributed by atoms with Gasteiger partial charge < -0.3 is 15.0 Å². The standard InChI is InChI=1S/C22H24N2O4/c1-14-8-6-11-18(20(14)23-16(3)25)22(27)28-15(2)21(26)24-13-7-10-17-9-4-5-12-19(17)24/h4-6,8-9,11-12,15H,7,10,13H2,1-3H3,(H,23,25). The zero-order valence-corrected chi connectivity index (χ0v) is 16.3. The van der Waals surface area contributed by atoms with Gasteiger partial charge in [-0.05, 0) is 49.9 Å². The highest BCUT2D eigenvalue weighted by molar-refractivity contribution is 6.04. The van der Waals surface area contributed by atoms with Crippen molar-refractivity contribution >= 4 is 29.2 Å². The molecule has 3 rings (SSSR count). The van der Waals surface area contributed by atoms with Gasteiger partial charge in [0.2, 0.25) is 5.91 Å². The van der Waals surface area contributed by atoms with Gasteiger partial charge in [-0.2, -0.15) is 0 Å². The molecule has 0 saturated heterocycles. The lowest BCUT2D eigenvalue weighted by molar-refractivity contribution is -0.126. The minimum Gasteiger partial charge on any atom is -0.449 e. The summed E-state index contributed by atoms with van der Waals surface area (Å²) in [6, 6.07) is 12.9. The van der Waals surface area contributed by atoms with Crippen molar-refractivity contribution in [2.45, 2.75) is 39.7 Å². The van der Waals surface area contributed by atoms with Gasteiger partial charge in [-0.25, -0.2) is 4.79 Å². The van der Waals surface area contributed by atoms with Crippen LogP contribution in [0.25, 0.3) is 0 Å². The molecular weight excluding hydrogens is 356 g/mol. The topological polar surface area (TPSA) is 75.7 Å². The molecule has 6 nitrogen and oxygen atoms in total. The SMILES string of the molecule is CC(=O)Nc1c(C)cccc1C(=O)OC(C)C(=O)N1CCCc2ccccc21. The Balaban J connectivity index is 1.78. The molecule has 2 aromatic rings. The third-order valence-electron chi connectivity index (χ3n) is 4.80. The van der Waals surface area contributed by atoms with E-state index >= 15 is 0 Å². The summed E-state index contributed by atoms with van der Waals surface area (Å²) in [5, 5.41) is 2.67. The minimum absolute atomic E-state index is 0.230. The number of nitrogens with one attached hydrogen (secondary N) is 1. The summed E-state index contributed by atoms with van der Waals surface area (Å²) >= 11 is 0. The number of carbonyl (C=O) groups is 3. The van der Waals surface area contributed by atoms with E-state index in [9.17, 15) is 14.4 Å². The first kappa shape index (κ1) is 19.6. The molecule has 2 aromatic carbocycles. The molecule has 1 aliphatic heterocycles. The zero-order valence-electron chi connectivity index (χ0n) is 16.3. The molecule has 0 radical (unpaired) electrons. The van der Waals surface area contributed by atoms with E-state index < -0.39 is 12.1 Å². The van der Waals surface area contributed by atoms with Gasteiger partial charge in [0, 0.05) is 19.2 Å². The largest absolute Gasteiger partial charge is 0.449 e. The van der Waals surface area contributed by atoms with Gasteiger partial charge in [-0.1, -0.05) is 30.3 Å². The number of ether oxygens (including phenoxy) is 1. The monoisotopic (exact) mass is 380 g/mol. The molecule has 1 N–H and O–H groups in total. The van der Waals surface area contributed by atoms with Gasteiger partial charge >= 0.3 is 5.97 Å². The van der Waals surface area contributed by atoms with Crippen LogP contribution in [0.15, 0.2) is 42.5 Å². The number of esters is 1. The molecule has 28 heavy (non-hydrogen) atoms. The van der Waals surface area contributed by atoms with Gasteiger partial charge in [0.1, 0.15) is 0 Å². The van der Waals surface area contributed by atoms with Crippen LogP contribution < -0.4 is 10.2 Å². The summed E-state index contributed by atoms with van der Waals surface area (Å²) in [4.78, 5) is 38.8. The fourth-order valence-corrected chi connectivity index (χ4v) is 3.44. The number of carbonyl (C=O) groups excluding carboxylic acids is 3. The number of para-hydroxylation sites is 2. The van der Waals surface area contributed by atoms with Crippen LogP contribution in [-0.4, -0.2) is 30.4 Å². The number of amides is 2. The quantitative estimate of drug-likeness (QED) is 0.824. The summed E-state index contributed by atoms with van der Waals surface area (Å²) in [6.45, 7) is 5.34. The minimum atomic E-state index is -0.940. The maximum atomic E-state index is 12.9. The number of benzene rings is 2. The molecule has 1 atom stereocenters. The molecular formula is C22H24N2O4. The Labute approximate surface area is 164 Å². The van der Waals surface area contributed by atoms with Crippen LogP contribution in [0.4, 0.5) is 11.4 Å². The molecule has 1 aliphatic rings. The van der Waals surface area contributed by atoms with E-state index in [4.69, 9.17) is 4.74 Å². The van der Waals surface area contributed by atoms with Crippen molar-refractivity contribution in [2.24, 2.45) is 0 Å². The highest BCUT2D eigenvalue weighted by Crippen LogP contribution is 2.28. The third-order valence-corrected chi connectivity index (χ3v) is 4.80. The summed E-state index contributed by atoms with van der Waals surface area (Å²) < 4.78 is 5.46. The second-order valence-corrected chi connectivity index (χ2v) is 6.95. The van der Waals surface area contributed by atoms with Gasteiger partial charge in [-0.3, -0.25) is 9.59 Å². The van der Waals surface area contributed by atoms with Crippen molar-refractivity contribution in [3.8, 4) is 0 Å². The molecule has 6 heteroatoms. The van der Waals surface area contributed by atoms with Crippen molar-refractivity contribution in [1.29, 1.82) is 0 Å². The maximum absolute atomic E-state index is 12.9. The van der Waals surface area contributed by atoms with Crippen LogP contribution in [0.1, 0.15) is 41.8 Å². The average molecular weight is 380 g/mol. The first-order valence-electron chi connectivity index (χ1n) is 9.36. The van der Waals surface area contributed by atoms with Crippen molar-refractivity contribution in [1.82, 2.24) is 0 Å². The van der Waals surface area contributed by atoms with E-state index in [-0.39, 0.29) is 17.4 Å². The van der Waals surface area contributed by atoms with E-state index in [0.717, 1.165) is 29.7 Å². The summed E-state index contributed by atoms with van der Waals surface area (Å²) in [5.41, 5.74) is 3.37. The molecule has 1 heterocycles. The first-order chi connectivity index (χ1) is 13.4. The van der Waals surface area contributed by atoms with E-state index in [1.54, 1.807) is 36.9 Å². The molecule has 0 bridgehead atoms. The number of aryl methyl sites for hydroxylation is 2. The maximum Gasteiger partial charge on any atom is 0.341 e. The van der Waals surface area contributed by atoms with Crippen LogP contribution in [0.2, 0.25) is 0 Å². The number of nitrogens with zero attached hydrogens (tertiary/aromatic N) is 1. The lowest BCUT2D eigenvalue weighted by Crippen LogP contribution is -2.42. The van der Waals surface area contributed by atoms with E-state index in [0.29, 0.717) is 12.2 Å². The normalized spacial score (nSPS) is 14.0. The molecule has 0 aliphatic carbocycles. The molecule has 1 unspecified atom stereocenters. The number of hydrogen-bond donors (Lipinski definition) is 1. The highest BCUT2D eigenvalue weighted by Gasteiger charge is 2.29. The second-order valence-electron chi connectivity index (χ2n) is 6.95. The number of anilines is 2. The van der Waals surface area contributed by atoms with Crippen LogP contribution in [0.5, 0.6) is 0 Å². The van der Waals surface area contributed by atoms with Crippen LogP contribution in [-0.2, 0) is 20.7 Å².